The normalized spacial score (nSPS) is 20.4. The molecule has 0 aromatic heterocycles. The number of rotatable bonds is 7. The van der Waals surface area contributed by atoms with Crippen LogP contribution in [0.5, 0.6) is 0 Å². The van der Waals surface area contributed by atoms with Crippen molar-refractivity contribution in [3.63, 3.8) is 0 Å². The summed E-state index contributed by atoms with van der Waals surface area (Å²) in [5.74, 6) is 0.682. The van der Waals surface area contributed by atoms with Crippen molar-refractivity contribution in [2.24, 2.45) is 5.92 Å². The number of aliphatic hydroxyl groups is 1. The van der Waals surface area contributed by atoms with Gasteiger partial charge in [-0.05, 0) is 38.1 Å². The molecule has 0 radical (unpaired) electrons. The predicted octanol–water partition coefficient (Wildman–Crippen LogP) is 2.71. The van der Waals surface area contributed by atoms with Crippen molar-refractivity contribution in [3.8, 4) is 0 Å². The zero-order valence-electron chi connectivity index (χ0n) is 10.2. The fourth-order valence-corrected chi connectivity index (χ4v) is 2.58. The van der Waals surface area contributed by atoms with Crippen molar-refractivity contribution in [1.82, 2.24) is 5.32 Å². The molecule has 0 aromatic rings. The van der Waals surface area contributed by atoms with E-state index in [2.05, 4.69) is 12.2 Å². The van der Waals surface area contributed by atoms with Gasteiger partial charge in [0.05, 0.1) is 0 Å². The Morgan fingerprint density at radius 3 is 2.53 bits per heavy atom. The van der Waals surface area contributed by atoms with Crippen molar-refractivity contribution in [2.45, 2.75) is 64.3 Å². The van der Waals surface area contributed by atoms with Crippen LogP contribution in [-0.2, 0) is 0 Å². The van der Waals surface area contributed by atoms with Crippen LogP contribution in [0.15, 0.2) is 0 Å². The maximum absolute atomic E-state index is 8.97. The molecule has 1 atom stereocenters. The Kier molecular flexibility index (Phi) is 7.03. The first kappa shape index (κ1) is 13.0. The molecule has 1 aliphatic rings. The lowest BCUT2D eigenvalue weighted by molar-refractivity contribution is 0.240. The van der Waals surface area contributed by atoms with Gasteiger partial charge in [0.2, 0.25) is 0 Å². The molecule has 0 bridgehead atoms. The molecular weight excluding hydrogens is 186 g/mol. The van der Waals surface area contributed by atoms with Crippen LogP contribution < -0.4 is 5.32 Å². The van der Waals surface area contributed by atoms with Crippen LogP contribution in [0.4, 0.5) is 0 Å². The highest BCUT2D eigenvalue weighted by molar-refractivity contribution is 4.73. The van der Waals surface area contributed by atoms with Gasteiger partial charge < -0.3 is 10.4 Å². The van der Waals surface area contributed by atoms with E-state index in [0.29, 0.717) is 12.5 Å². The van der Waals surface area contributed by atoms with Crippen LogP contribution >= 0.6 is 0 Å². The second-order valence-electron chi connectivity index (χ2n) is 4.91. The summed E-state index contributed by atoms with van der Waals surface area (Å²) in [7, 11) is 0. The SMILES string of the molecule is CCCC(CCO)CNC1CCCCC1. The van der Waals surface area contributed by atoms with Crippen molar-refractivity contribution in [1.29, 1.82) is 0 Å². The maximum Gasteiger partial charge on any atom is 0.0434 e. The van der Waals surface area contributed by atoms with E-state index in [-0.39, 0.29) is 0 Å². The first-order chi connectivity index (χ1) is 7.36. The first-order valence-electron chi connectivity index (χ1n) is 6.71. The lowest BCUT2D eigenvalue weighted by atomic mass is 9.94. The summed E-state index contributed by atoms with van der Waals surface area (Å²) < 4.78 is 0. The smallest absolute Gasteiger partial charge is 0.0434 e. The largest absolute Gasteiger partial charge is 0.396 e. The molecule has 90 valence electrons. The van der Waals surface area contributed by atoms with Gasteiger partial charge in [-0.15, -0.1) is 0 Å². The van der Waals surface area contributed by atoms with Gasteiger partial charge in [-0.3, -0.25) is 0 Å². The summed E-state index contributed by atoms with van der Waals surface area (Å²) in [6, 6.07) is 0.761. The van der Waals surface area contributed by atoms with E-state index in [9.17, 15) is 0 Å². The van der Waals surface area contributed by atoms with Gasteiger partial charge >= 0.3 is 0 Å². The molecule has 2 N–H and O–H groups in total. The Morgan fingerprint density at radius 1 is 1.20 bits per heavy atom. The van der Waals surface area contributed by atoms with Gasteiger partial charge in [-0.2, -0.15) is 0 Å². The maximum atomic E-state index is 8.97. The van der Waals surface area contributed by atoms with E-state index in [4.69, 9.17) is 5.11 Å². The minimum atomic E-state index is 0.344. The molecule has 2 heteroatoms. The standard InChI is InChI=1S/C13H27NO/c1-2-6-12(9-10-15)11-14-13-7-4-3-5-8-13/h12-15H,2-11H2,1H3. The van der Waals surface area contributed by atoms with E-state index in [1.165, 1.54) is 44.9 Å². The van der Waals surface area contributed by atoms with Crippen molar-refractivity contribution in [2.75, 3.05) is 13.2 Å². The molecule has 1 aliphatic carbocycles. The number of hydrogen-bond donors (Lipinski definition) is 2. The molecule has 0 aliphatic heterocycles. The summed E-state index contributed by atoms with van der Waals surface area (Å²) >= 11 is 0. The van der Waals surface area contributed by atoms with Gasteiger partial charge in [0, 0.05) is 12.6 Å². The van der Waals surface area contributed by atoms with Crippen molar-refractivity contribution < 1.29 is 5.11 Å². The van der Waals surface area contributed by atoms with Crippen LogP contribution in [0.1, 0.15) is 58.3 Å². The second-order valence-corrected chi connectivity index (χ2v) is 4.91. The fourth-order valence-electron chi connectivity index (χ4n) is 2.58. The first-order valence-corrected chi connectivity index (χ1v) is 6.71. The minimum absolute atomic E-state index is 0.344. The van der Waals surface area contributed by atoms with Crippen LogP contribution in [0.3, 0.4) is 0 Å². The number of nitrogens with one attached hydrogen (secondary N) is 1. The predicted molar refractivity (Wildman–Crippen MR) is 65.0 cm³/mol. The van der Waals surface area contributed by atoms with E-state index in [1.54, 1.807) is 0 Å². The van der Waals surface area contributed by atoms with Crippen molar-refractivity contribution in [3.05, 3.63) is 0 Å². The average Bonchev–Trinajstić information content (AvgIpc) is 2.28. The Morgan fingerprint density at radius 2 is 1.93 bits per heavy atom. The molecule has 1 fully saturated rings. The van der Waals surface area contributed by atoms with Gasteiger partial charge in [-0.1, -0.05) is 32.6 Å². The second kappa shape index (κ2) is 8.12. The molecule has 1 rings (SSSR count). The molecule has 0 amide bonds. The Labute approximate surface area is 94.5 Å². The highest BCUT2D eigenvalue weighted by Crippen LogP contribution is 2.18. The molecular formula is C13H27NO. The highest BCUT2D eigenvalue weighted by atomic mass is 16.3. The molecule has 2 nitrogen and oxygen atoms in total. The van der Waals surface area contributed by atoms with Gasteiger partial charge in [-0.25, -0.2) is 0 Å². The molecule has 1 saturated carbocycles. The lowest BCUT2D eigenvalue weighted by Crippen LogP contribution is -2.35. The molecule has 1 unspecified atom stereocenters. The summed E-state index contributed by atoms with van der Waals surface area (Å²) in [5, 5.41) is 12.7. The van der Waals surface area contributed by atoms with E-state index < -0.39 is 0 Å². The third kappa shape index (κ3) is 5.53. The molecule has 0 saturated heterocycles. The average molecular weight is 213 g/mol. The Hall–Kier alpha value is -0.0800. The molecule has 0 spiro atoms. The number of hydrogen-bond acceptors (Lipinski definition) is 2. The summed E-state index contributed by atoms with van der Waals surface area (Å²) in [6.07, 6.45) is 10.4. The topological polar surface area (TPSA) is 32.3 Å². The highest BCUT2D eigenvalue weighted by Gasteiger charge is 2.14. The zero-order chi connectivity index (χ0) is 10.9. The summed E-state index contributed by atoms with van der Waals surface area (Å²) in [4.78, 5) is 0. The van der Waals surface area contributed by atoms with Crippen LogP contribution in [0.25, 0.3) is 0 Å². The van der Waals surface area contributed by atoms with Gasteiger partial charge in [0.25, 0.3) is 0 Å². The van der Waals surface area contributed by atoms with Crippen molar-refractivity contribution >= 4 is 0 Å². The van der Waals surface area contributed by atoms with Gasteiger partial charge in [0.15, 0.2) is 0 Å². The van der Waals surface area contributed by atoms with E-state index >= 15 is 0 Å². The monoisotopic (exact) mass is 213 g/mol. The number of aliphatic hydroxyl groups excluding tert-OH is 1. The molecule has 0 aromatic carbocycles. The Bertz CT molecular complexity index is 137. The zero-order valence-corrected chi connectivity index (χ0v) is 10.2. The lowest BCUT2D eigenvalue weighted by Gasteiger charge is -2.25. The summed E-state index contributed by atoms with van der Waals surface area (Å²) in [6.45, 7) is 3.68. The van der Waals surface area contributed by atoms with E-state index in [1.807, 2.05) is 0 Å². The third-order valence-electron chi connectivity index (χ3n) is 3.53. The summed E-state index contributed by atoms with van der Waals surface area (Å²) in [5.41, 5.74) is 0. The fraction of sp³-hybridized carbons (Fsp3) is 1.00. The quantitative estimate of drug-likeness (QED) is 0.681. The molecule has 15 heavy (non-hydrogen) atoms. The van der Waals surface area contributed by atoms with E-state index in [0.717, 1.165) is 19.0 Å². The Balaban J connectivity index is 2.13. The van der Waals surface area contributed by atoms with Crippen LogP contribution in [-0.4, -0.2) is 24.3 Å². The minimum Gasteiger partial charge on any atom is -0.396 e. The third-order valence-corrected chi connectivity index (χ3v) is 3.53. The van der Waals surface area contributed by atoms with Gasteiger partial charge in [0.1, 0.15) is 0 Å². The van der Waals surface area contributed by atoms with Crippen LogP contribution in [0, 0.1) is 5.92 Å². The van der Waals surface area contributed by atoms with Crippen LogP contribution in [0.2, 0.25) is 0 Å². The molecule has 0 heterocycles.